The molecule has 0 spiro atoms. The monoisotopic (exact) mass is 274 g/mol. The zero-order valence-corrected chi connectivity index (χ0v) is 7.58. The first-order valence-electron chi connectivity index (χ1n) is 2.41. The van der Waals surface area contributed by atoms with Crippen molar-refractivity contribution in [3.8, 4) is 0 Å². The average Bonchev–Trinajstić information content (AvgIpc) is 1.82. The van der Waals surface area contributed by atoms with E-state index in [4.69, 9.17) is 11.6 Å². The first-order chi connectivity index (χ1) is 4.61. The van der Waals surface area contributed by atoms with Crippen LogP contribution in [0.3, 0.4) is 0 Å². The highest BCUT2D eigenvalue weighted by Crippen LogP contribution is 2.22. The minimum absolute atomic E-state index is 0.109. The molecule has 0 unspecified atom stereocenters. The molecule has 0 aromatic heterocycles. The molecule has 0 aliphatic rings. The molecule has 0 fully saturated rings. The smallest absolute Gasteiger partial charge is 0.140 e. The lowest BCUT2D eigenvalue weighted by atomic mass is 10.3. The summed E-state index contributed by atoms with van der Waals surface area (Å²) in [6.07, 6.45) is 0. The second kappa shape index (κ2) is 3.00. The van der Waals surface area contributed by atoms with E-state index >= 15 is 0 Å². The summed E-state index contributed by atoms with van der Waals surface area (Å²) >= 11 is 7.14. The van der Waals surface area contributed by atoms with Crippen LogP contribution in [0.15, 0.2) is 12.1 Å². The fraction of sp³-hybridized carbons (Fsp3) is 0. The van der Waals surface area contributed by atoms with E-state index in [0.717, 1.165) is 12.1 Å². The Morgan fingerprint density at radius 1 is 1.30 bits per heavy atom. The third kappa shape index (κ3) is 1.58. The van der Waals surface area contributed by atoms with E-state index in [1.807, 2.05) is 0 Å². The maximum absolute atomic E-state index is 12.5. The van der Waals surface area contributed by atoms with Crippen molar-refractivity contribution in [2.75, 3.05) is 0 Å². The Kier molecular flexibility index (Phi) is 2.46. The largest absolute Gasteiger partial charge is 0.207 e. The fourth-order valence-corrected chi connectivity index (χ4v) is 1.03. The normalized spacial score (nSPS) is 10.0. The predicted molar refractivity (Wildman–Crippen MR) is 44.1 cm³/mol. The van der Waals surface area contributed by atoms with Crippen molar-refractivity contribution >= 4 is 34.2 Å². The second-order valence-electron chi connectivity index (χ2n) is 1.68. The average molecular weight is 274 g/mol. The molecule has 0 radical (unpaired) electrons. The lowest BCUT2D eigenvalue weighted by Gasteiger charge is -1.96. The van der Waals surface area contributed by atoms with E-state index in [-0.39, 0.29) is 8.59 Å². The molecule has 0 saturated carbocycles. The summed E-state index contributed by atoms with van der Waals surface area (Å²) in [6, 6.07) is 1.88. The van der Waals surface area contributed by atoms with E-state index in [2.05, 4.69) is 0 Å². The topological polar surface area (TPSA) is 0 Å². The summed E-state index contributed by atoms with van der Waals surface area (Å²) in [7, 11) is 0. The van der Waals surface area contributed by atoms with Gasteiger partial charge in [-0.15, -0.1) is 0 Å². The highest BCUT2D eigenvalue weighted by Gasteiger charge is 2.05. The van der Waals surface area contributed by atoms with E-state index < -0.39 is 11.6 Å². The molecule has 10 heavy (non-hydrogen) atoms. The van der Waals surface area contributed by atoms with Crippen molar-refractivity contribution in [2.24, 2.45) is 0 Å². The zero-order valence-electron chi connectivity index (χ0n) is 4.67. The van der Waals surface area contributed by atoms with Crippen LogP contribution in [-0.4, -0.2) is 0 Å². The van der Waals surface area contributed by atoms with Gasteiger partial charge in [0.05, 0.1) is 8.59 Å². The second-order valence-corrected chi connectivity index (χ2v) is 3.17. The van der Waals surface area contributed by atoms with Gasteiger partial charge in [0.15, 0.2) is 0 Å². The van der Waals surface area contributed by atoms with Gasteiger partial charge in [0.25, 0.3) is 0 Å². The summed E-state index contributed by atoms with van der Waals surface area (Å²) in [6.45, 7) is 0. The van der Waals surface area contributed by atoms with Crippen LogP contribution >= 0.6 is 34.2 Å². The van der Waals surface area contributed by atoms with Crippen LogP contribution in [0.5, 0.6) is 0 Å². The van der Waals surface area contributed by atoms with Gasteiger partial charge in [-0.1, -0.05) is 11.6 Å². The third-order valence-corrected chi connectivity index (χ3v) is 2.66. The van der Waals surface area contributed by atoms with E-state index in [1.165, 1.54) is 0 Å². The molecule has 0 nitrogen and oxygen atoms in total. The Morgan fingerprint density at radius 2 is 1.90 bits per heavy atom. The molecule has 0 atom stereocenters. The van der Waals surface area contributed by atoms with Crippen LogP contribution in [0, 0.1) is 15.2 Å². The van der Waals surface area contributed by atoms with Gasteiger partial charge in [-0.25, -0.2) is 8.78 Å². The molecule has 54 valence electrons. The molecule has 1 rings (SSSR count). The van der Waals surface area contributed by atoms with Crippen LogP contribution in [0.1, 0.15) is 0 Å². The molecule has 0 heterocycles. The van der Waals surface area contributed by atoms with Crippen molar-refractivity contribution in [2.45, 2.75) is 0 Å². The summed E-state index contributed by atoms with van der Waals surface area (Å²) in [5.41, 5.74) is 0. The third-order valence-electron chi connectivity index (χ3n) is 0.949. The fourth-order valence-electron chi connectivity index (χ4n) is 0.525. The maximum atomic E-state index is 12.5. The number of benzene rings is 1. The van der Waals surface area contributed by atoms with Crippen molar-refractivity contribution in [1.29, 1.82) is 0 Å². The Morgan fingerprint density at radius 3 is 2.40 bits per heavy atom. The van der Waals surface area contributed by atoms with Crippen LogP contribution in [0.2, 0.25) is 5.02 Å². The van der Waals surface area contributed by atoms with Crippen LogP contribution in [0.25, 0.3) is 0 Å². The molecule has 0 amide bonds. The number of hydrogen-bond acceptors (Lipinski definition) is 0. The summed E-state index contributed by atoms with van der Waals surface area (Å²) in [5.74, 6) is -1.27. The summed E-state index contributed by atoms with van der Waals surface area (Å²) in [5, 5.41) is 0.109. The highest BCUT2D eigenvalue weighted by molar-refractivity contribution is 14.1. The van der Waals surface area contributed by atoms with Crippen molar-refractivity contribution in [3.05, 3.63) is 32.4 Å². The first-order valence-corrected chi connectivity index (χ1v) is 3.87. The lowest BCUT2D eigenvalue weighted by molar-refractivity contribution is 0.578. The Labute approximate surface area is 75.3 Å². The molecule has 1 aromatic rings. The van der Waals surface area contributed by atoms with Gasteiger partial charge in [0, 0.05) is 6.07 Å². The molecule has 0 aliphatic heterocycles. The van der Waals surface area contributed by atoms with Crippen LogP contribution < -0.4 is 0 Å². The van der Waals surface area contributed by atoms with E-state index in [9.17, 15) is 8.78 Å². The van der Waals surface area contributed by atoms with Gasteiger partial charge >= 0.3 is 0 Å². The van der Waals surface area contributed by atoms with Gasteiger partial charge in [0.2, 0.25) is 0 Å². The van der Waals surface area contributed by atoms with E-state index in [0.29, 0.717) is 0 Å². The van der Waals surface area contributed by atoms with Gasteiger partial charge in [-0.05, 0) is 28.7 Å². The van der Waals surface area contributed by atoms with E-state index in [1.54, 1.807) is 22.6 Å². The SMILES string of the molecule is Fc1cc(F)c(I)c(Cl)c1. The minimum Gasteiger partial charge on any atom is -0.207 e. The molecular weight excluding hydrogens is 272 g/mol. The predicted octanol–water partition coefficient (Wildman–Crippen LogP) is 3.22. The molecule has 0 bridgehead atoms. The van der Waals surface area contributed by atoms with Gasteiger partial charge in [-0.2, -0.15) is 0 Å². The Balaban J connectivity index is 3.31. The van der Waals surface area contributed by atoms with Crippen LogP contribution in [0.4, 0.5) is 8.78 Å². The molecule has 4 heteroatoms. The first kappa shape index (κ1) is 8.20. The lowest BCUT2D eigenvalue weighted by Crippen LogP contribution is -1.84. The Bertz CT molecular complexity index is 239. The van der Waals surface area contributed by atoms with Gasteiger partial charge in [-0.3, -0.25) is 0 Å². The number of rotatable bonds is 0. The number of halogens is 4. The van der Waals surface area contributed by atoms with Gasteiger partial charge in [0.1, 0.15) is 11.6 Å². The standard InChI is InChI=1S/C6H2ClF2I/c7-4-1-3(8)2-5(9)6(4)10/h1-2H. The van der Waals surface area contributed by atoms with Crippen molar-refractivity contribution in [3.63, 3.8) is 0 Å². The minimum atomic E-state index is -0.650. The molecular formula is C6H2ClF2I. The zero-order chi connectivity index (χ0) is 7.72. The molecule has 0 saturated heterocycles. The Hall–Kier alpha value is 0.1000. The summed E-state index contributed by atoms with van der Waals surface area (Å²) in [4.78, 5) is 0. The van der Waals surface area contributed by atoms with Crippen molar-refractivity contribution in [1.82, 2.24) is 0 Å². The summed E-state index contributed by atoms with van der Waals surface area (Å²) < 4.78 is 25.0. The highest BCUT2D eigenvalue weighted by atomic mass is 127. The maximum Gasteiger partial charge on any atom is 0.140 e. The molecule has 1 aromatic carbocycles. The molecule has 0 aliphatic carbocycles. The van der Waals surface area contributed by atoms with Gasteiger partial charge < -0.3 is 0 Å². The molecule has 0 N–H and O–H groups in total. The van der Waals surface area contributed by atoms with Crippen molar-refractivity contribution < 1.29 is 8.78 Å². The quantitative estimate of drug-likeness (QED) is 0.387. The van der Waals surface area contributed by atoms with Crippen LogP contribution in [-0.2, 0) is 0 Å². The number of hydrogen-bond donors (Lipinski definition) is 0.